The van der Waals surface area contributed by atoms with Crippen molar-refractivity contribution in [2.75, 3.05) is 27.2 Å². The summed E-state index contributed by atoms with van der Waals surface area (Å²) in [6.07, 6.45) is 1.25. The number of nitrogens with one attached hydrogen (secondary N) is 1. The summed E-state index contributed by atoms with van der Waals surface area (Å²) < 4.78 is 5.36. The van der Waals surface area contributed by atoms with Gasteiger partial charge in [0.05, 0.1) is 7.11 Å². The van der Waals surface area contributed by atoms with Gasteiger partial charge in [0, 0.05) is 19.1 Å². The zero-order valence-electron chi connectivity index (χ0n) is 11.0. The molecule has 0 aromatic heterocycles. The smallest absolute Gasteiger partial charge is 0.122 e. The van der Waals surface area contributed by atoms with Crippen LogP contribution in [-0.2, 0) is 6.54 Å². The molecule has 2 rings (SSSR count). The van der Waals surface area contributed by atoms with Gasteiger partial charge in [0.2, 0.25) is 0 Å². The van der Waals surface area contributed by atoms with Crippen LogP contribution in [0.25, 0.3) is 0 Å². The van der Waals surface area contributed by atoms with Crippen molar-refractivity contribution in [3.05, 3.63) is 29.3 Å². The molecule has 1 aromatic carbocycles. The lowest BCUT2D eigenvalue weighted by Crippen LogP contribution is -2.32. The number of hydrogen-bond acceptors (Lipinski definition) is 3. The lowest BCUT2D eigenvalue weighted by molar-refractivity contribution is 0.248. The third kappa shape index (κ3) is 2.99. The first-order valence-corrected chi connectivity index (χ1v) is 6.25. The summed E-state index contributed by atoms with van der Waals surface area (Å²) in [5.41, 5.74) is 2.52. The number of ether oxygens (including phenoxy) is 1. The highest BCUT2D eigenvalue weighted by molar-refractivity contribution is 5.36. The fourth-order valence-electron chi connectivity index (χ4n) is 2.40. The summed E-state index contributed by atoms with van der Waals surface area (Å²) in [6.45, 7) is 5.32. The van der Waals surface area contributed by atoms with E-state index in [1.807, 2.05) is 0 Å². The van der Waals surface area contributed by atoms with Crippen molar-refractivity contribution in [3.8, 4) is 5.75 Å². The monoisotopic (exact) mass is 234 g/mol. The molecule has 0 radical (unpaired) electrons. The van der Waals surface area contributed by atoms with Gasteiger partial charge in [0.25, 0.3) is 0 Å². The van der Waals surface area contributed by atoms with Gasteiger partial charge in [-0.1, -0.05) is 12.1 Å². The van der Waals surface area contributed by atoms with Crippen molar-refractivity contribution >= 4 is 0 Å². The summed E-state index contributed by atoms with van der Waals surface area (Å²) in [5, 5.41) is 3.40. The van der Waals surface area contributed by atoms with Gasteiger partial charge in [-0.05, 0) is 44.1 Å². The Hall–Kier alpha value is -1.06. The Bertz CT molecular complexity index is 372. The summed E-state index contributed by atoms with van der Waals surface area (Å²) in [6, 6.07) is 7.14. The highest BCUT2D eigenvalue weighted by Crippen LogP contribution is 2.20. The van der Waals surface area contributed by atoms with Crippen LogP contribution in [0, 0.1) is 6.92 Å². The summed E-state index contributed by atoms with van der Waals surface area (Å²) in [7, 11) is 3.93. The van der Waals surface area contributed by atoms with Crippen molar-refractivity contribution in [1.82, 2.24) is 10.2 Å². The molecule has 3 heteroatoms. The van der Waals surface area contributed by atoms with Gasteiger partial charge < -0.3 is 10.1 Å². The largest absolute Gasteiger partial charge is 0.496 e. The Morgan fingerprint density at radius 1 is 1.47 bits per heavy atom. The molecular formula is C14H22N2O. The average molecular weight is 234 g/mol. The van der Waals surface area contributed by atoms with Crippen molar-refractivity contribution in [2.45, 2.75) is 25.9 Å². The molecule has 0 saturated carbocycles. The minimum atomic E-state index is 0.669. The third-order valence-corrected chi connectivity index (χ3v) is 3.56. The molecule has 1 atom stereocenters. The molecule has 0 bridgehead atoms. The number of nitrogens with zero attached hydrogens (tertiary/aromatic N) is 1. The molecule has 1 heterocycles. The quantitative estimate of drug-likeness (QED) is 0.859. The Balaban J connectivity index is 2.02. The molecule has 17 heavy (non-hydrogen) atoms. The second-order valence-electron chi connectivity index (χ2n) is 4.87. The highest BCUT2D eigenvalue weighted by atomic mass is 16.5. The Morgan fingerprint density at radius 3 is 2.94 bits per heavy atom. The number of benzene rings is 1. The lowest BCUT2D eigenvalue weighted by atomic mass is 10.1. The van der Waals surface area contributed by atoms with Gasteiger partial charge in [-0.15, -0.1) is 0 Å². The van der Waals surface area contributed by atoms with Crippen molar-refractivity contribution < 1.29 is 4.74 Å². The number of likely N-dealkylation sites (N-methyl/N-ethyl adjacent to an activating group) is 1. The van der Waals surface area contributed by atoms with Crippen LogP contribution in [0.1, 0.15) is 17.5 Å². The molecule has 1 fully saturated rings. The molecular weight excluding hydrogens is 212 g/mol. The molecule has 0 amide bonds. The zero-order valence-corrected chi connectivity index (χ0v) is 11.0. The van der Waals surface area contributed by atoms with Gasteiger partial charge >= 0.3 is 0 Å². The van der Waals surface area contributed by atoms with E-state index in [1.54, 1.807) is 7.11 Å². The first-order valence-electron chi connectivity index (χ1n) is 6.25. The minimum absolute atomic E-state index is 0.669. The molecule has 1 aromatic rings. The van der Waals surface area contributed by atoms with Crippen LogP contribution < -0.4 is 10.1 Å². The van der Waals surface area contributed by atoms with E-state index < -0.39 is 0 Å². The van der Waals surface area contributed by atoms with E-state index in [1.165, 1.54) is 17.5 Å². The maximum atomic E-state index is 5.36. The molecule has 94 valence electrons. The summed E-state index contributed by atoms with van der Waals surface area (Å²) >= 11 is 0. The molecule has 1 unspecified atom stereocenters. The van der Waals surface area contributed by atoms with Crippen LogP contribution in [0.2, 0.25) is 0 Å². The third-order valence-electron chi connectivity index (χ3n) is 3.56. The van der Waals surface area contributed by atoms with Gasteiger partial charge in [-0.2, -0.15) is 0 Å². The number of methoxy groups -OCH3 is 1. The van der Waals surface area contributed by atoms with Gasteiger partial charge in [0.1, 0.15) is 5.75 Å². The average Bonchev–Trinajstić information content (AvgIpc) is 2.85. The summed E-state index contributed by atoms with van der Waals surface area (Å²) in [4.78, 5) is 2.42. The molecule has 1 saturated heterocycles. The van der Waals surface area contributed by atoms with Gasteiger partial charge in [-0.25, -0.2) is 0 Å². The van der Waals surface area contributed by atoms with Gasteiger partial charge in [0.15, 0.2) is 0 Å². The Morgan fingerprint density at radius 2 is 2.29 bits per heavy atom. The second kappa shape index (κ2) is 5.52. The van der Waals surface area contributed by atoms with Crippen LogP contribution in [0.3, 0.4) is 0 Å². The zero-order chi connectivity index (χ0) is 12.3. The number of hydrogen-bond donors (Lipinski definition) is 1. The minimum Gasteiger partial charge on any atom is -0.496 e. The second-order valence-corrected chi connectivity index (χ2v) is 4.87. The van der Waals surface area contributed by atoms with E-state index in [0.29, 0.717) is 6.04 Å². The van der Waals surface area contributed by atoms with Crippen molar-refractivity contribution in [1.29, 1.82) is 0 Å². The van der Waals surface area contributed by atoms with E-state index >= 15 is 0 Å². The molecule has 1 aliphatic heterocycles. The Labute approximate surface area is 104 Å². The molecule has 1 N–H and O–H groups in total. The first kappa shape index (κ1) is 12.4. The summed E-state index contributed by atoms with van der Waals surface area (Å²) in [5.74, 6) is 0.987. The fraction of sp³-hybridized carbons (Fsp3) is 0.571. The molecule has 3 nitrogen and oxygen atoms in total. The first-order chi connectivity index (χ1) is 8.20. The number of aryl methyl sites for hydroxylation is 1. The predicted molar refractivity (Wildman–Crippen MR) is 70.5 cm³/mol. The maximum Gasteiger partial charge on any atom is 0.122 e. The van der Waals surface area contributed by atoms with Crippen LogP contribution in [0.5, 0.6) is 5.75 Å². The van der Waals surface area contributed by atoms with Crippen molar-refractivity contribution in [2.24, 2.45) is 0 Å². The Kier molecular flexibility index (Phi) is 4.02. The van der Waals surface area contributed by atoms with E-state index in [0.717, 1.165) is 25.4 Å². The standard InChI is InChI=1S/C14H22N2O/c1-11-4-5-12(8-14(11)17-3)10-16(2)13-6-7-15-9-13/h4-5,8,13,15H,6-7,9-10H2,1-3H3. The SMILES string of the molecule is COc1cc(CN(C)C2CCNC2)ccc1C. The number of rotatable bonds is 4. The molecule has 0 aliphatic carbocycles. The highest BCUT2D eigenvalue weighted by Gasteiger charge is 2.19. The lowest BCUT2D eigenvalue weighted by Gasteiger charge is -2.23. The van der Waals surface area contributed by atoms with Crippen LogP contribution in [0.15, 0.2) is 18.2 Å². The topological polar surface area (TPSA) is 24.5 Å². The van der Waals surface area contributed by atoms with Crippen LogP contribution in [0.4, 0.5) is 0 Å². The van der Waals surface area contributed by atoms with Crippen LogP contribution in [-0.4, -0.2) is 38.2 Å². The van der Waals surface area contributed by atoms with Crippen molar-refractivity contribution in [3.63, 3.8) is 0 Å². The van der Waals surface area contributed by atoms with Crippen LogP contribution >= 0.6 is 0 Å². The predicted octanol–water partition coefficient (Wildman–Crippen LogP) is 1.80. The normalized spacial score (nSPS) is 19.9. The molecule has 1 aliphatic rings. The van der Waals surface area contributed by atoms with E-state index in [4.69, 9.17) is 4.74 Å². The van der Waals surface area contributed by atoms with Gasteiger partial charge in [-0.3, -0.25) is 4.90 Å². The van der Waals surface area contributed by atoms with E-state index in [-0.39, 0.29) is 0 Å². The van der Waals surface area contributed by atoms with E-state index in [2.05, 4.69) is 42.4 Å². The fourth-order valence-corrected chi connectivity index (χ4v) is 2.40. The van der Waals surface area contributed by atoms with E-state index in [9.17, 15) is 0 Å². The molecule has 0 spiro atoms. The maximum absolute atomic E-state index is 5.36.